The second-order valence-corrected chi connectivity index (χ2v) is 7.26. The Morgan fingerprint density at radius 3 is 1.52 bits per heavy atom. The number of ether oxygens (including phenoxy) is 3. The maximum atomic E-state index is 5.91. The molecule has 0 N–H and O–H groups in total. The first kappa shape index (κ1) is 19.8. The Hall–Kier alpha value is -1.28. The molecule has 0 aliphatic rings. The van der Waals surface area contributed by atoms with Crippen molar-refractivity contribution in [1.82, 2.24) is 0 Å². The van der Waals surface area contributed by atoms with Crippen molar-refractivity contribution in [3.8, 4) is 17.2 Å². The Labute approximate surface area is 140 Å². The predicted octanol–water partition coefficient (Wildman–Crippen LogP) is 2.84. The SMILES string of the molecule is CCO[Si](Cc1cc(OC)c(OC)cc1OC)(OCC)OCC. The van der Waals surface area contributed by atoms with E-state index in [0.29, 0.717) is 43.1 Å². The Balaban J connectivity index is 3.24. The molecule has 0 bridgehead atoms. The smallest absolute Gasteiger partial charge is 0.496 e. The maximum absolute atomic E-state index is 5.91. The molecule has 0 aromatic heterocycles. The minimum Gasteiger partial charge on any atom is -0.496 e. The summed E-state index contributed by atoms with van der Waals surface area (Å²) >= 11 is 0. The molecule has 6 nitrogen and oxygen atoms in total. The van der Waals surface area contributed by atoms with E-state index in [1.165, 1.54) is 0 Å². The van der Waals surface area contributed by atoms with Crippen molar-refractivity contribution < 1.29 is 27.5 Å². The monoisotopic (exact) mass is 344 g/mol. The molecule has 1 aromatic rings. The van der Waals surface area contributed by atoms with Gasteiger partial charge in [0.05, 0.1) is 21.3 Å². The van der Waals surface area contributed by atoms with Gasteiger partial charge in [-0.3, -0.25) is 0 Å². The molecule has 0 heterocycles. The highest BCUT2D eigenvalue weighted by Crippen LogP contribution is 2.36. The van der Waals surface area contributed by atoms with Crippen LogP contribution in [0.3, 0.4) is 0 Å². The van der Waals surface area contributed by atoms with Gasteiger partial charge in [-0.2, -0.15) is 0 Å². The fourth-order valence-electron chi connectivity index (χ4n) is 2.40. The summed E-state index contributed by atoms with van der Waals surface area (Å²) in [6.45, 7) is 7.40. The van der Waals surface area contributed by atoms with Gasteiger partial charge in [0.25, 0.3) is 0 Å². The quantitative estimate of drug-likeness (QED) is 0.575. The van der Waals surface area contributed by atoms with Gasteiger partial charge in [0.2, 0.25) is 0 Å². The maximum Gasteiger partial charge on any atom is 0.505 e. The lowest BCUT2D eigenvalue weighted by atomic mass is 10.2. The van der Waals surface area contributed by atoms with Gasteiger partial charge in [-0.1, -0.05) is 0 Å². The number of hydrogen-bond donors (Lipinski definition) is 0. The van der Waals surface area contributed by atoms with Gasteiger partial charge in [-0.05, 0) is 26.8 Å². The highest BCUT2D eigenvalue weighted by molar-refractivity contribution is 6.60. The van der Waals surface area contributed by atoms with Crippen LogP contribution in [0.15, 0.2) is 12.1 Å². The van der Waals surface area contributed by atoms with Crippen molar-refractivity contribution in [1.29, 1.82) is 0 Å². The number of benzene rings is 1. The fraction of sp³-hybridized carbons (Fsp3) is 0.625. The third-order valence-electron chi connectivity index (χ3n) is 3.29. The Morgan fingerprint density at radius 2 is 1.13 bits per heavy atom. The molecular formula is C16H28O6Si. The molecule has 132 valence electrons. The van der Waals surface area contributed by atoms with Crippen molar-refractivity contribution in [2.45, 2.75) is 26.8 Å². The van der Waals surface area contributed by atoms with Gasteiger partial charge in [0.1, 0.15) is 5.75 Å². The normalized spacial score (nSPS) is 11.4. The highest BCUT2D eigenvalue weighted by atomic mass is 28.4. The fourth-order valence-corrected chi connectivity index (χ4v) is 5.02. The zero-order valence-electron chi connectivity index (χ0n) is 14.9. The topological polar surface area (TPSA) is 55.4 Å². The van der Waals surface area contributed by atoms with Crippen molar-refractivity contribution in [3.63, 3.8) is 0 Å². The average Bonchev–Trinajstić information content (AvgIpc) is 2.55. The molecular weight excluding hydrogens is 316 g/mol. The molecule has 0 atom stereocenters. The van der Waals surface area contributed by atoms with Gasteiger partial charge in [-0.15, -0.1) is 0 Å². The van der Waals surface area contributed by atoms with Crippen LogP contribution in [-0.2, 0) is 19.3 Å². The average molecular weight is 344 g/mol. The Kier molecular flexibility index (Phi) is 8.39. The second-order valence-electron chi connectivity index (χ2n) is 4.68. The van der Waals surface area contributed by atoms with Gasteiger partial charge >= 0.3 is 8.80 Å². The molecule has 0 aliphatic carbocycles. The first-order chi connectivity index (χ1) is 11.1. The number of methoxy groups -OCH3 is 3. The van der Waals surface area contributed by atoms with E-state index in [-0.39, 0.29) is 0 Å². The third kappa shape index (κ3) is 5.10. The molecule has 0 aliphatic heterocycles. The van der Waals surface area contributed by atoms with E-state index in [1.807, 2.05) is 26.8 Å². The molecule has 1 rings (SSSR count). The van der Waals surface area contributed by atoms with E-state index in [4.69, 9.17) is 27.5 Å². The summed E-state index contributed by atoms with van der Waals surface area (Å²) in [5.41, 5.74) is 0.909. The summed E-state index contributed by atoms with van der Waals surface area (Å²) in [6, 6.07) is 4.19. The molecule has 1 aromatic carbocycles. The minimum atomic E-state index is -2.82. The van der Waals surface area contributed by atoms with E-state index in [0.717, 1.165) is 5.56 Å². The molecule has 0 saturated heterocycles. The summed E-state index contributed by atoms with van der Waals surface area (Å²) < 4.78 is 33.9. The second kappa shape index (κ2) is 9.77. The van der Waals surface area contributed by atoms with Crippen LogP contribution in [0.4, 0.5) is 0 Å². The Morgan fingerprint density at radius 1 is 0.696 bits per heavy atom. The van der Waals surface area contributed by atoms with Crippen LogP contribution in [0.25, 0.3) is 0 Å². The van der Waals surface area contributed by atoms with E-state index in [1.54, 1.807) is 27.4 Å². The lowest BCUT2D eigenvalue weighted by Gasteiger charge is -2.29. The number of hydrogen-bond acceptors (Lipinski definition) is 6. The summed E-state index contributed by atoms with van der Waals surface area (Å²) in [5, 5.41) is 0. The molecule has 0 radical (unpaired) electrons. The Bertz CT molecular complexity index is 463. The summed E-state index contributed by atoms with van der Waals surface area (Å²) in [7, 11) is 1.99. The molecule has 0 saturated carbocycles. The van der Waals surface area contributed by atoms with Crippen LogP contribution in [0.2, 0.25) is 0 Å². The van der Waals surface area contributed by atoms with Crippen molar-refractivity contribution in [3.05, 3.63) is 17.7 Å². The van der Waals surface area contributed by atoms with Crippen molar-refractivity contribution in [2.24, 2.45) is 0 Å². The third-order valence-corrected chi connectivity index (χ3v) is 6.29. The molecule has 23 heavy (non-hydrogen) atoms. The summed E-state index contributed by atoms with van der Waals surface area (Å²) in [6.07, 6.45) is 0. The largest absolute Gasteiger partial charge is 0.505 e. The van der Waals surface area contributed by atoms with Crippen LogP contribution in [0, 0.1) is 0 Å². The zero-order chi connectivity index (χ0) is 17.3. The van der Waals surface area contributed by atoms with Gasteiger partial charge in [0, 0.05) is 37.5 Å². The summed E-state index contributed by atoms with van der Waals surface area (Å²) in [5.74, 6) is 1.94. The van der Waals surface area contributed by atoms with Crippen molar-refractivity contribution in [2.75, 3.05) is 41.2 Å². The van der Waals surface area contributed by atoms with Crippen LogP contribution in [0.1, 0.15) is 26.3 Å². The molecule has 0 amide bonds. The van der Waals surface area contributed by atoms with Crippen LogP contribution in [0.5, 0.6) is 17.2 Å². The van der Waals surface area contributed by atoms with E-state index in [2.05, 4.69) is 0 Å². The minimum absolute atomic E-state index is 0.506. The van der Waals surface area contributed by atoms with Crippen molar-refractivity contribution >= 4 is 8.80 Å². The number of rotatable bonds is 11. The van der Waals surface area contributed by atoms with E-state index < -0.39 is 8.80 Å². The highest BCUT2D eigenvalue weighted by Gasteiger charge is 2.41. The lowest BCUT2D eigenvalue weighted by Crippen LogP contribution is -2.48. The zero-order valence-corrected chi connectivity index (χ0v) is 15.9. The van der Waals surface area contributed by atoms with Crippen LogP contribution < -0.4 is 14.2 Å². The summed E-state index contributed by atoms with van der Waals surface area (Å²) in [4.78, 5) is 0. The van der Waals surface area contributed by atoms with Gasteiger partial charge < -0.3 is 27.5 Å². The molecule has 0 spiro atoms. The van der Waals surface area contributed by atoms with Gasteiger partial charge in [-0.25, -0.2) is 0 Å². The molecule has 7 heteroatoms. The van der Waals surface area contributed by atoms with Crippen LogP contribution in [-0.4, -0.2) is 50.0 Å². The van der Waals surface area contributed by atoms with E-state index >= 15 is 0 Å². The van der Waals surface area contributed by atoms with Crippen LogP contribution >= 0.6 is 0 Å². The lowest BCUT2D eigenvalue weighted by molar-refractivity contribution is 0.0702. The first-order valence-electron chi connectivity index (χ1n) is 7.80. The predicted molar refractivity (Wildman–Crippen MR) is 90.4 cm³/mol. The standard InChI is InChI=1S/C16H28O6Si/c1-7-20-23(21-8-2,22-9-3)12-13-10-15(18-5)16(19-6)11-14(13)17-4/h10-11H,7-9,12H2,1-6H3. The van der Waals surface area contributed by atoms with Gasteiger partial charge in [0.15, 0.2) is 11.5 Å². The first-order valence-corrected chi connectivity index (χ1v) is 9.73. The van der Waals surface area contributed by atoms with E-state index in [9.17, 15) is 0 Å². The molecule has 0 unspecified atom stereocenters. The molecule has 0 fully saturated rings.